The van der Waals surface area contributed by atoms with Gasteiger partial charge in [-0.05, 0) is 23.8 Å². The number of halogens is 2. The number of aromatic nitrogens is 2. The molecule has 140 valence electrons. The number of hydrogen-bond acceptors (Lipinski definition) is 4. The summed E-state index contributed by atoms with van der Waals surface area (Å²) in [6, 6.07) is 14.8. The van der Waals surface area contributed by atoms with Crippen molar-refractivity contribution in [3.63, 3.8) is 0 Å². The van der Waals surface area contributed by atoms with E-state index in [9.17, 15) is 9.90 Å². The molecule has 0 aliphatic carbocycles. The van der Waals surface area contributed by atoms with Gasteiger partial charge < -0.3 is 15.0 Å². The molecule has 8 heteroatoms. The number of nitrogens with zero attached hydrogens (tertiary/aromatic N) is 2. The smallest absolute Gasteiger partial charge is 0.234 e. The molecule has 0 radical (unpaired) electrons. The number of carbonyl (C=O) groups is 1. The minimum Gasteiger partial charge on any atom is -0.390 e. The van der Waals surface area contributed by atoms with Crippen LogP contribution in [0.25, 0.3) is 0 Å². The molecule has 0 aliphatic heterocycles. The van der Waals surface area contributed by atoms with Crippen molar-refractivity contribution in [2.24, 2.45) is 0 Å². The average molecular weight is 422 g/mol. The molecule has 0 bridgehead atoms. The van der Waals surface area contributed by atoms with Crippen molar-refractivity contribution in [3.8, 4) is 0 Å². The molecule has 0 saturated carbocycles. The zero-order valence-corrected chi connectivity index (χ0v) is 16.6. The van der Waals surface area contributed by atoms with Gasteiger partial charge in [-0.3, -0.25) is 4.79 Å². The van der Waals surface area contributed by atoms with Crippen LogP contribution in [0.15, 0.2) is 59.9 Å². The molecule has 0 saturated heterocycles. The maximum absolute atomic E-state index is 12.2. The first kappa shape index (κ1) is 19.8. The maximum atomic E-state index is 12.2. The van der Waals surface area contributed by atoms with Gasteiger partial charge in [0.15, 0.2) is 5.16 Å². The number of nitrogens with one attached hydrogen (secondary N) is 1. The quantitative estimate of drug-likeness (QED) is 0.552. The molecule has 0 aliphatic rings. The van der Waals surface area contributed by atoms with Crippen molar-refractivity contribution in [2.45, 2.75) is 18.3 Å². The first-order valence-electron chi connectivity index (χ1n) is 8.13. The first-order valence-corrected chi connectivity index (χ1v) is 9.88. The summed E-state index contributed by atoms with van der Waals surface area (Å²) in [4.78, 5) is 16.6. The van der Waals surface area contributed by atoms with E-state index in [2.05, 4.69) is 10.3 Å². The molecular formula is C19H17Cl2N3O2S. The number of aliphatic hydroxyl groups excluding tert-OH is 1. The minimum atomic E-state index is -0.182. The number of imidazole rings is 1. The highest BCUT2D eigenvalue weighted by Gasteiger charge is 2.13. The third-order valence-electron chi connectivity index (χ3n) is 3.78. The number of anilines is 1. The summed E-state index contributed by atoms with van der Waals surface area (Å²) in [6.07, 6.45) is 1.63. The highest BCUT2D eigenvalue weighted by atomic mass is 35.5. The predicted molar refractivity (Wildman–Crippen MR) is 110 cm³/mol. The Kier molecular flexibility index (Phi) is 6.79. The molecule has 1 heterocycles. The van der Waals surface area contributed by atoms with Crippen molar-refractivity contribution < 1.29 is 9.90 Å². The fourth-order valence-corrected chi connectivity index (χ4v) is 3.56. The second kappa shape index (κ2) is 9.28. The number of amides is 1. The van der Waals surface area contributed by atoms with E-state index >= 15 is 0 Å². The Hall–Kier alpha value is -1.99. The first-order chi connectivity index (χ1) is 13.1. The lowest BCUT2D eigenvalue weighted by Crippen LogP contribution is -2.15. The monoisotopic (exact) mass is 421 g/mol. The Balaban J connectivity index is 1.65. The van der Waals surface area contributed by atoms with E-state index in [1.807, 2.05) is 34.9 Å². The van der Waals surface area contributed by atoms with Crippen molar-refractivity contribution in [1.29, 1.82) is 0 Å². The number of rotatable bonds is 7. The molecule has 5 nitrogen and oxygen atoms in total. The third-order valence-corrected chi connectivity index (χ3v) is 5.51. The number of hydrogen-bond donors (Lipinski definition) is 2. The van der Waals surface area contributed by atoms with Crippen LogP contribution in [0.5, 0.6) is 0 Å². The lowest BCUT2D eigenvalue weighted by molar-refractivity contribution is -0.113. The Morgan fingerprint density at radius 1 is 1.15 bits per heavy atom. The number of aliphatic hydroxyl groups is 1. The second-order valence-electron chi connectivity index (χ2n) is 5.73. The molecule has 1 aromatic heterocycles. The highest BCUT2D eigenvalue weighted by molar-refractivity contribution is 7.99. The van der Waals surface area contributed by atoms with E-state index in [1.165, 1.54) is 11.8 Å². The van der Waals surface area contributed by atoms with Crippen molar-refractivity contribution in [2.75, 3.05) is 11.1 Å². The summed E-state index contributed by atoms with van der Waals surface area (Å²) >= 11 is 13.1. The van der Waals surface area contributed by atoms with Gasteiger partial charge in [0, 0.05) is 12.2 Å². The lowest BCUT2D eigenvalue weighted by atomic mass is 10.2. The van der Waals surface area contributed by atoms with Gasteiger partial charge in [0.1, 0.15) is 0 Å². The normalized spacial score (nSPS) is 10.8. The topological polar surface area (TPSA) is 67.1 Å². The molecule has 3 rings (SSSR count). The van der Waals surface area contributed by atoms with E-state index in [0.717, 1.165) is 5.56 Å². The van der Waals surface area contributed by atoms with Crippen LogP contribution < -0.4 is 5.32 Å². The Morgan fingerprint density at radius 2 is 1.93 bits per heavy atom. The summed E-state index contributed by atoms with van der Waals surface area (Å²) in [5.41, 5.74) is 2.37. The SMILES string of the molecule is O=C(CSc1ncc(CO)n1Cc1ccccc1)Nc1ccc(Cl)c(Cl)c1. The van der Waals surface area contributed by atoms with Crippen molar-refractivity contribution >= 4 is 46.6 Å². The van der Waals surface area contributed by atoms with Crippen molar-refractivity contribution in [1.82, 2.24) is 9.55 Å². The average Bonchev–Trinajstić information content (AvgIpc) is 3.05. The zero-order valence-electron chi connectivity index (χ0n) is 14.2. The fourth-order valence-electron chi connectivity index (χ4n) is 2.47. The zero-order chi connectivity index (χ0) is 19.2. The molecule has 0 atom stereocenters. The molecule has 0 spiro atoms. The van der Waals surface area contributed by atoms with Gasteiger partial charge in [-0.15, -0.1) is 0 Å². The van der Waals surface area contributed by atoms with E-state index in [-0.39, 0.29) is 18.3 Å². The van der Waals surface area contributed by atoms with E-state index in [0.29, 0.717) is 33.1 Å². The maximum Gasteiger partial charge on any atom is 0.234 e. The molecule has 27 heavy (non-hydrogen) atoms. The van der Waals surface area contributed by atoms with Crippen LogP contribution in [-0.4, -0.2) is 26.3 Å². The largest absolute Gasteiger partial charge is 0.390 e. The van der Waals surface area contributed by atoms with E-state index in [1.54, 1.807) is 24.4 Å². The molecular weight excluding hydrogens is 405 g/mol. The molecule has 1 amide bonds. The van der Waals surface area contributed by atoms with Gasteiger partial charge in [-0.25, -0.2) is 4.98 Å². The van der Waals surface area contributed by atoms with Gasteiger partial charge in [-0.2, -0.15) is 0 Å². The Morgan fingerprint density at radius 3 is 2.63 bits per heavy atom. The number of carbonyl (C=O) groups excluding carboxylic acids is 1. The second-order valence-corrected chi connectivity index (χ2v) is 7.48. The van der Waals surface area contributed by atoms with Crippen LogP contribution in [0.4, 0.5) is 5.69 Å². The summed E-state index contributed by atoms with van der Waals surface area (Å²) in [6.45, 7) is 0.462. The molecule has 2 aromatic carbocycles. The van der Waals surface area contributed by atoms with Gasteiger partial charge in [0.2, 0.25) is 5.91 Å². The van der Waals surface area contributed by atoms with Gasteiger partial charge in [-0.1, -0.05) is 65.3 Å². The van der Waals surface area contributed by atoms with Crippen LogP contribution in [0.3, 0.4) is 0 Å². The molecule has 2 N–H and O–H groups in total. The van der Waals surface area contributed by atoms with Crippen LogP contribution in [0.1, 0.15) is 11.3 Å². The summed E-state index contributed by atoms with van der Waals surface area (Å²) in [7, 11) is 0. The highest BCUT2D eigenvalue weighted by Crippen LogP contribution is 2.25. The molecule has 0 unspecified atom stereocenters. The van der Waals surface area contributed by atoms with Gasteiger partial charge in [0.05, 0.1) is 34.3 Å². The standard InChI is InChI=1S/C19H17Cl2N3O2S/c20-16-7-6-14(8-17(16)21)23-18(26)12-27-19-22-9-15(11-25)24(19)10-13-4-2-1-3-5-13/h1-9,25H,10-12H2,(H,23,26). The minimum absolute atomic E-state index is 0.115. The predicted octanol–water partition coefficient (Wildman–Crippen LogP) is 4.46. The summed E-state index contributed by atoms with van der Waals surface area (Å²) < 4.78 is 1.91. The van der Waals surface area contributed by atoms with Crippen LogP contribution >= 0.6 is 35.0 Å². The molecule has 0 fully saturated rings. The van der Waals surface area contributed by atoms with E-state index < -0.39 is 0 Å². The Labute approximate surface area is 171 Å². The molecule has 3 aromatic rings. The Bertz CT molecular complexity index is 932. The van der Waals surface area contributed by atoms with Crippen LogP contribution in [0.2, 0.25) is 10.0 Å². The van der Waals surface area contributed by atoms with Crippen LogP contribution in [-0.2, 0) is 17.9 Å². The third kappa shape index (κ3) is 5.26. The van der Waals surface area contributed by atoms with Crippen molar-refractivity contribution in [3.05, 3.63) is 76.0 Å². The van der Waals surface area contributed by atoms with E-state index in [4.69, 9.17) is 23.2 Å². The summed E-state index contributed by atoms with van der Waals surface area (Å²) in [5.74, 6) is -0.00473. The van der Waals surface area contributed by atoms with Gasteiger partial charge in [0.25, 0.3) is 0 Å². The summed E-state index contributed by atoms with van der Waals surface area (Å²) in [5, 5.41) is 13.8. The fraction of sp³-hybridized carbons (Fsp3) is 0.158. The number of thioether (sulfide) groups is 1. The van der Waals surface area contributed by atoms with Gasteiger partial charge >= 0.3 is 0 Å². The van der Waals surface area contributed by atoms with Crippen LogP contribution in [0, 0.1) is 0 Å². The lowest BCUT2D eigenvalue weighted by Gasteiger charge is -2.11. The number of benzene rings is 2.